The highest BCUT2D eigenvalue weighted by Crippen LogP contribution is 2.30. The summed E-state index contributed by atoms with van der Waals surface area (Å²) in [5.41, 5.74) is 0.984. The van der Waals surface area contributed by atoms with E-state index in [-0.39, 0.29) is 22.6 Å². The van der Waals surface area contributed by atoms with Gasteiger partial charge in [-0.05, 0) is 37.1 Å². The van der Waals surface area contributed by atoms with E-state index in [4.69, 9.17) is 9.47 Å². The number of aliphatic imine (C=N–C) groups is 1. The molecule has 0 aliphatic carbocycles. The van der Waals surface area contributed by atoms with Crippen molar-refractivity contribution in [2.45, 2.75) is 31.7 Å². The van der Waals surface area contributed by atoms with Crippen LogP contribution in [0.5, 0.6) is 11.5 Å². The normalized spacial score (nSPS) is 16.6. The third-order valence-corrected chi connectivity index (χ3v) is 5.96. The second-order valence-electron chi connectivity index (χ2n) is 7.06. The standard InChI is InChI=1S/C21H25N3O5S/c1-5-29-16-11-10-14(12-17(16)28-4)22-21(25)19(13(2)3)23-20-15-8-6-7-9-18(15)30(26,27)24-20/h6-13,19H,5H2,1-4H3,(H,22,25)(H,23,24)/t19-/m0/s1. The maximum Gasteiger partial charge on any atom is 0.263 e. The molecule has 0 unspecified atom stereocenters. The van der Waals surface area contributed by atoms with Crippen LogP contribution in [-0.2, 0) is 14.8 Å². The molecule has 160 valence electrons. The SMILES string of the molecule is CCOc1ccc(NC(=O)[C@@H](N=C2NS(=O)(=O)c3ccccc32)C(C)C)cc1OC. The number of nitrogens with one attached hydrogen (secondary N) is 2. The number of sulfonamides is 1. The third kappa shape index (κ3) is 4.40. The molecule has 1 aliphatic heterocycles. The highest BCUT2D eigenvalue weighted by atomic mass is 32.2. The first-order valence-electron chi connectivity index (χ1n) is 9.58. The molecule has 1 amide bonds. The molecule has 2 N–H and O–H groups in total. The van der Waals surface area contributed by atoms with Gasteiger partial charge in [0.1, 0.15) is 11.9 Å². The molecule has 1 heterocycles. The molecule has 2 aromatic rings. The number of anilines is 1. The van der Waals surface area contributed by atoms with E-state index in [0.29, 0.717) is 29.4 Å². The van der Waals surface area contributed by atoms with Gasteiger partial charge in [0.15, 0.2) is 11.5 Å². The zero-order valence-corrected chi connectivity index (χ0v) is 18.1. The van der Waals surface area contributed by atoms with Gasteiger partial charge in [-0.2, -0.15) is 0 Å². The lowest BCUT2D eigenvalue weighted by Gasteiger charge is -2.18. The van der Waals surface area contributed by atoms with E-state index in [9.17, 15) is 13.2 Å². The molecule has 0 spiro atoms. The lowest BCUT2D eigenvalue weighted by atomic mass is 10.0. The molecule has 0 radical (unpaired) electrons. The zero-order valence-electron chi connectivity index (χ0n) is 17.3. The summed E-state index contributed by atoms with van der Waals surface area (Å²) in [7, 11) is -2.15. The van der Waals surface area contributed by atoms with E-state index in [0.717, 1.165) is 0 Å². The van der Waals surface area contributed by atoms with Gasteiger partial charge >= 0.3 is 0 Å². The Kier molecular flexibility index (Phi) is 6.31. The summed E-state index contributed by atoms with van der Waals surface area (Å²) in [6.45, 7) is 6.06. The minimum Gasteiger partial charge on any atom is -0.493 e. The fourth-order valence-corrected chi connectivity index (χ4v) is 4.35. The summed E-state index contributed by atoms with van der Waals surface area (Å²) >= 11 is 0. The third-order valence-electron chi connectivity index (χ3n) is 4.56. The predicted molar refractivity (Wildman–Crippen MR) is 115 cm³/mol. The van der Waals surface area contributed by atoms with Crippen LogP contribution in [0.15, 0.2) is 52.4 Å². The van der Waals surface area contributed by atoms with Crippen LogP contribution in [0.3, 0.4) is 0 Å². The second kappa shape index (κ2) is 8.74. The van der Waals surface area contributed by atoms with Crippen molar-refractivity contribution in [1.29, 1.82) is 0 Å². The molecule has 3 rings (SSSR count). The lowest BCUT2D eigenvalue weighted by Crippen LogP contribution is -2.34. The molecule has 0 saturated heterocycles. The Morgan fingerprint density at radius 1 is 1.17 bits per heavy atom. The van der Waals surface area contributed by atoms with Crippen molar-refractivity contribution < 1.29 is 22.7 Å². The van der Waals surface area contributed by atoms with Crippen LogP contribution in [0.2, 0.25) is 0 Å². The van der Waals surface area contributed by atoms with Crippen LogP contribution in [0.4, 0.5) is 5.69 Å². The highest BCUT2D eigenvalue weighted by Gasteiger charge is 2.32. The molecule has 1 atom stereocenters. The molecule has 9 heteroatoms. The number of amides is 1. The smallest absolute Gasteiger partial charge is 0.263 e. The van der Waals surface area contributed by atoms with Gasteiger partial charge in [-0.3, -0.25) is 14.5 Å². The predicted octanol–water partition coefficient (Wildman–Crippen LogP) is 2.80. The fourth-order valence-electron chi connectivity index (χ4n) is 3.12. The summed E-state index contributed by atoms with van der Waals surface area (Å²) in [6.07, 6.45) is 0. The van der Waals surface area contributed by atoms with Crippen LogP contribution >= 0.6 is 0 Å². The maximum atomic E-state index is 13.0. The van der Waals surface area contributed by atoms with E-state index in [1.165, 1.54) is 13.2 Å². The Morgan fingerprint density at radius 3 is 2.57 bits per heavy atom. The van der Waals surface area contributed by atoms with Gasteiger partial charge in [0.25, 0.3) is 10.0 Å². The average molecular weight is 432 g/mol. The van der Waals surface area contributed by atoms with Crippen LogP contribution in [0, 0.1) is 5.92 Å². The quantitative estimate of drug-likeness (QED) is 0.701. The minimum absolute atomic E-state index is 0.155. The first-order valence-corrected chi connectivity index (χ1v) is 11.1. The number of amidine groups is 1. The molecule has 8 nitrogen and oxygen atoms in total. The van der Waals surface area contributed by atoms with Crippen molar-refractivity contribution in [1.82, 2.24) is 4.72 Å². The monoisotopic (exact) mass is 431 g/mol. The number of fused-ring (bicyclic) bond motifs is 1. The van der Waals surface area contributed by atoms with Crippen LogP contribution < -0.4 is 19.5 Å². The average Bonchev–Trinajstić information content (AvgIpc) is 2.97. The molecule has 0 saturated carbocycles. The molecule has 0 bridgehead atoms. The summed E-state index contributed by atoms with van der Waals surface area (Å²) in [5, 5.41) is 2.83. The van der Waals surface area contributed by atoms with Gasteiger partial charge in [0, 0.05) is 17.3 Å². The number of hydrogen-bond donors (Lipinski definition) is 2. The molecule has 0 fully saturated rings. The van der Waals surface area contributed by atoms with E-state index in [1.807, 2.05) is 20.8 Å². The Hall–Kier alpha value is -3.07. The van der Waals surface area contributed by atoms with Gasteiger partial charge in [-0.1, -0.05) is 26.0 Å². The van der Waals surface area contributed by atoms with Crippen molar-refractivity contribution in [3.63, 3.8) is 0 Å². The molecular formula is C21H25N3O5S. The van der Waals surface area contributed by atoms with E-state index < -0.39 is 16.1 Å². The van der Waals surface area contributed by atoms with Crippen molar-refractivity contribution in [3.05, 3.63) is 48.0 Å². The molecule has 0 aromatic heterocycles. The summed E-state index contributed by atoms with van der Waals surface area (Å²) in [5.74, 6) is 0.727. The largest absolute Gasteiger partial charge is 0.493 e. The topological polar surface area (TPSA) is 106 Å². The van der Waals surface area contributed by atoms with E-state index in [1.54, 1.807) is 36.4 Å². The molecule has 30 heavy (non-hydrogen) atoms. The Labute approximate surface area is 176 Å². The number of methoxy groups -OCH3 is 1. The van der Waals surface area contributed by atoms with Crippen molar-refractivity contribution >= 4 is 27.5 Å². The lowest BCUT2D eigenvalue weighted by molar-refractivity contribution is -0.118. The molecule has 1 aliphatic rings. The Morgan fingerprint density at radius 2 is 1.90 bits per heavy atom. The second-order valence-corrected chi connectivity index (χ2v) is 8.71. The number of carbonyl (C=O) groups excluding carboxylic acids is 1. The molecular weight excluding hydrogens is 406 g/mol. The van der Waals surface area contributed by atoms with Gasteiger partial charge in [-0.25, -0.2) is 8.42 Å². The summed E-state index contributed by atoms with van der Waals surface area (Å²) < 4.78 is 37.9. The van der Waals surface area contributed by atoms with Gasteiger partial charge in [0.05, 0.1) is 18.6 Å². The van der Waals surface area contributed by atoms with Gasteiger partial charge in [-0.15, -0.1) is 0 Å². The maximum absolute atomic E-state index is 13.0. The molecule has 2 aromatic carbocycles. The van der Waals surface area contributed by atoms with Gasteiger partial charge < -0.3 is 14.8 Å². The van der Waals surface area contributed by atoms with E-state index in [2.05, 4.69) is 15.0 Å². The van der Waals surface area contributed by atoms with E-state index >= 15 is 0 Å². The van der Waals surface area contributed by atoms with Crippen molar-refractivity contribution in [2.24, 2.45) is 10.9 Å². The highest BCUT2D eigenvalue weighted by molar-refractivity contribution is 7.90. The number of nitrogens with zero attached hydrogens (tertiary/aromatic N) is 1. The Bertz CT molecular complexity index is 1080. The number of benzene rings is 2. The fraction of sp³-hybridized carbons (Fsp3) is 0.333. The summed E-state index contributed by atoms with van der Waals surface area (Å²) in [6, 6.07) is 10.8. The van der Waals surface area contributed by atoms with Crippen molar-refractivity contribution in [2.75, 3.05) is 19.0 Å². The van der Waals surface area contributed by atoms with Crippen LogP contribution in [0.1, 0.15) is 26.3 Å². The van der Waals surface area contributed by atoms with Crippen LogP contribution in [0.25, 0.3) is 0 Å². The van der Waals surface area contributed by atoms with Gasteiger partial charge in [0.2, 0.25) is 5.91 Å². The number of rotatable bonds is 7. The Balaban J connectivity index is 1.88. The first-order chi connectivity index (χ1) is 14.3. The van der Waals surface area contributed by atoms with Crippen molar-refractivity contribution in [3.8, 4) is 11.5 Å². The number of ether oxygens (including phenoxy) is 2. The zero-order chi connectivity index (χ0) is 21.9. The number of hydrogen-bond acceptors (Lipinski definition) is 6. The first kappa shape index (κ1) is 21.6. The van der Waals surface area contributed by atoms with Crippen LogP contribution in [-0.4, -0.2) is 39.9 Å². The number of carbonyl (C=O) groups is 1. The summed E-state index contributed by atoms with van der Waals surface area (Å²) in [4.78, 5) is 17.6. The minimum atomic E-state index is -3.67.